The first kappa shape index (κ1) is 32.0. The number of hydrogen-bond donors (Lipinski definition) is 4. The second-order valence-electron chi connectivity index (χ2n) is 12.3. The van der Waals surface area contributed by atoms with Gasteiger partial charge in [0.15, 0.2) is 0 Å². The Bertz CT molecular complexity index is 1240. The molecule has 0 spiro atoms. The predicted molar refractivity (Wildman–Crippen MR) is 164 cm³/mol. The van der Waals surface area contributed by atoms with Crippen molar-refractivity contribution in [2.24, 2.45) is 11.8 Å². The van der Waals surface area contributed by atoms with Crippen LogP contribution in [0.3, 0.4) is 0 Å². The van der Waals surface area contributed by atoms with Crippen LogP contribution < -0.4 is 16.0 Å². The molecule has 0 radical (unpaired) electrons. The monoisotopic (exact) mass is 591 g/mol. The van der Waals surface area contributed by atoms with E-state index in [0.717, 1.165) is 54.4 Å². The maximum absolute atomic E-state index is 13.5. The van der Waals surface area contributed by atoms with Crippen molar-refractivity contribution in [3.05, 3.63) is 59.7 Å². The molecule has 3 amide bonds. The third-order valence-electron chi connectivity index (χ3n) is 8.61. The van der Waals surface area contributed by atoms with E-state index in [1.807, 2.05) is 50.2 Å². The maximum Gasteiger partial charge on any atom is 0.407 e. The van der Waals surface area contributed by atoms with Gasteiger partial charge in [0.25, 0.3) is 0 Å². The molecule has 0 heterocycles. The normalized spacial score (nSPS) is 16.8. The number of carbonyl (C=O) groups is 4. The van der Waals surface area contributed by atoms with Crippen molar-refractivity contribution in [2.45, 2.75) is 96.2 Å². The molecule has 9 nitrogen and oxygen atoms in total. The third kappa shape index (κ3) is 8.36. The minimum absolute atomic E-state index is 0.0670. The molecule has 1 fully saturated rings. The highest BCUT2D eigenvalue weighted by atomic mass is 16.5. The average Bonchev–Trinajstić information content (AvgIpc) is 3.31. The van der Waals surface area contributed by atoms with Crippen LogP contribution in [-0.2, 0) is 19.1 Å². The fourth-order valence-corrected chi connectivity index (χ4v) is 6.36. The van der Waals surface area contributed by atoms with Crippen molar-refractivity contribution in [1.82, 2.24) is 16.0 Å². The number of ether oxygens (including phenoxy) is 1. The molecule has 2 aliphatic carbocycles. The number of carbonyl (C=O) groups excluding carboxylic acids is 3. The van der Waals surface area contributed by atoms with Gasteiger partial charge in [0.1, 0.15) is 24.7 Å². The number of fused-ring (bicyclic) bond motifs is 3. The van der Waals surface area contributed by atoms with Crippen LogP contribution in [-0.4, -0.2) is 53.7 Å². The molecule has 1 saturated carbocycles. The zero-order chi connectivity index (χ0) is 30.9. The smallest absolute Gasteiger partial charge is 0.407 e. The van der Waals surface area contributed by atoms with Gasteiger partial charge in [-0.1, -0.05) is 101 Å². The molecule has 0 aliphatic heterocycles. The molecule has 1 unspecified atom stereocenters. The van der Waals surface area contributed by atoms with Crippen LogP contribution in [0.1, 0.15) is 89.2 Å². The van der Waals surface area contributed by atoms with Crippen molar-refractivity contribution in [3.63, 3.8) is 0 Å². The summed E-state index contributed by atoms with van der Waals surface area (Å²) in [6.07, 6.45) is 5.58. The average molecular weight is 592 g/mol. The Balaban J connectivity index is 1.42. The van der Waals surface area contributed by atoms with Crippen molar-refractivity contribution >= 4 is 23.9 Å². The van der Waals surface area contributed by atoms with E-state index >= 15 is 0 Å². The molecule has 2 aromatic rings. The molecule has 43 heavy (non-hydrogen) atoms. The van der Waals surface area contributed by atoms with Gasteiger partial charge in [0, 0.05) is 5.92 Å². The van der Waals surface area contributed by atoms with Crippen molar-refractivity contribution in [2.75, 3.05) is 6.61 Å². The lowest BCUT2D eigenvalue weighted by Crippen LogP contribution is -2.56. The molecule has 232 valence electrons. The van der Waals surface area contributed by atoms with E-state index in [1.165, 1.54) is 0 Å². The van der Waals surface area contributed by atoms with Gasteiger partial charge >= 0.3 is 12.1 Å². The van der Waals surface area contributed by atoms with Gasteiger partial charge in [-0.25, -0.2) is 9.59 Å². The summed E-state index contributed by atoms with van der Waals surface area (Å²) in [4.78, 5) is 51.3. The van der Waals surface area contributed by atoms with E-state index in [2.05, 4.69) is 28.1 Å². The summed E-state index contributed by atoms with van der Waals surface area (Å²) >= 11 is 0. The van der Waals surface area contributed by atoms with Crippen LogP contribution in [0.2, 0.25) is 0 Å². The first-order valence-electron chi connectivity index (χ1n) is 15.6. The van der Waals surface area contributed by atoms with Gasteiger partial charge in [-0.15, -0.1) is 0 Å². The SMILES string of the molecule is CC[C@H](NC(=O)[C@@H](CC1CCCCC1)NC(=O)OCC1c2ccccc2-c2ccccc21)C(=O)NC(CC(C)C)C(=O)O. The summed E-state index contributed by atoms with van der Waals surface area (Å²) in [5, 5.41) is 17.7. The van der Waals surface area contributed by atoms with Gasteiger partial charge in [0.05, 0.1) is 0 Å². The van der Waals surface area contributed by atoms with E-state index in [1.54, 1.807) is 6.92 Å². The minimum atomic E-state index is -1.12. The molecule has 0 aromatic heterocycles. The molecule has 4 N–H and O–H groups in total. The second kappa shape index (κ2) is 15.0. The number of carboxylic acid groups (broad SMARTS) is 1. The van der Waals surface area contributed by atoms with Crippen LogP contribution in [0, 0.1) is 11.8 Å². The molecular weight excluding hydrogens is 546 g/mol. The highest BCUT2D eigenvalue weighted by Gasteiger charge is 2.33. The van der Waals surface area contributed by atoms with Crippen LogP contribution in [0.5, 0.6) is 0 Å². The Morgan fingerprint density at radius 2 is 1.37 bits per heavy atom. The second-order valence-corrected chi connectivity index (χ2v) is 12.3. The molecule has 0 bridgehead atoms. The zero-order valence-corrected chi connectivity index (χ0v) is 25.4. The summed E-state index contributed by atoms with van der Waals surface area (Å²) in [6, 6.07) is 13.3. The molecular formula is C34H45N3O6. The quantitative estimate of drug-likeness (QED) is 0.247. The largest absolute Gasteiger partial charge is 0.480 e. The van der Waals surface area contributed by atoms with E-state index < -0.39 is 42.0 Å². The molecule has 2 aromatic carbocycles. The van der Waals surface area contributed by atoms with Crippen molar-refractivity contribution in [3.8, 4) is 11.1 Å². The molecule has 9 heteroatoms. The van der Waals surface area contributed by atoms with E-state index in [-0.39, 0.29) is 37.2 Å². The molecule has 3 atom stereocenters. The fraction of sp³-hybridized carbons (Fsp3) is 0.529. The maximum atomic E-state index is 13.5. The Morgan fingerprint density at radius 1 is 0.814 bits per heavy atom. The number of amides is 3. The van der Waals surface area contributed by atoms with Gasteiger partial charge < -0.3 is 25.8 Å². The van der Waals surface area contributed by atoms with Gasteiger partial charge in [-0.05, 0) is 53.4 Å². The Hall–Kier alpha value is -3.88. The van der Waals surface area contributed by atoms with E-state index in [4.69, 9.17) is 4.74 Å². The highest BCUT2D eigenvalue weighted by Crippen LogP contribution is 2.44. The van der Waals surface area contributed by atoms with Crippen LogP contribution in [0.4, 0.5) is 4.79 Å². The number of carboxylic acids is 1. The lowest BCUT2D eigenvalue weighted by Gasteiger charge is -2.28. The van der Waals surface area contributed by atoms with Gasteiger partial charge in [-0.3, -0.25) is 9.59 Å². The number of aliphatic carboxylic acids is 1. The Morgan fingerprint density at radius 3 is 1.93 bits per heavy atom. The highest BCUT2D eigenvalue weighted by molar-refractivity contribution is 5.92. The molecule has 4 rings (SSSR count). The fourth-order valence-electron chi connectivity index (χ4n) is 6.36. The number of hydrogen-bond acceptors (Lipinski definition) is 5. The summed E-state index contributed by atoms with van der Waals surface area (Å²) < 4.78 is 5.73. The first-order valence-corrected chi connectivity index (χ1v) is 15.6. The zero-order valence-electron chi connectivity index (χ0n) is 25.4. The van der Waals surface area contributed by atoms with Crippen molar-refractivity contribution in [1.29, 1.82) is 0 Å². The summed E-state index contributed by atoms with van der Waals surface area (Å²) in [6.45, 7) is 5.64. The summed E-state index contributed by atoms with van der Waals surface area (Å²) in [5.74, 6) is -1.91. The lowest BCUT2D eigenvalue weighted by atomic mass is 9.84. The van der Waals surface area contributed by atoms with Crippen LogP contribution in [0.15, 0.2) is 48.5 Å². The minimum Gasteiger partial charge on any atom is -0.480 e. The lowest BCUT2D eigenvalue weighted by molar-refractivity contribution is -0.142. The predicted octanol–water partition coefficient (Wildman–Crippen LogP) is 5.37. The number of nitrogens with one attached hydrogen (secondary N) is 3. The van der Waals surface area contributed by atoms with Gasteiger partial charge in [-0.2, -0.15) is 0 Å². The van der Waals surface area contributed by atoms with Crippen LogP contribution in [0.25, 0.3) is 11.1 Å². The Kier molecular flexibility index (Phi) is 11.2. The molecule has 0 saturated heterocycles. The van der Waals surface area contributed by atoms with Gasteiger partial charge in [0.2, 0.25) is 11.8 Å². The van der Waals surface area contributed by atoms with Crippen LogP contribution >= 0.6 is 0 Å². The first-order chi connectivity index (χ1) is 20.7. The van der Waals surface area contributed by atoms with E-state index in [0.29, 0.717) is 6.42 Å². The third-order valence-corrected chi connectivity index (χ3v) is 8.61. The molecule has 2 aliphatic rings. The Labute approximate surface area is 254 Å². The van der Waals surface area contributed by atoms with Crippen molar-refractivity contribution < 1.29 is 29.0 Å². The number of benzene rings is 2. The number of alkyl carbamates (subject to hydrolysis) is 1. The summed E-state index contributed by atoms with van der Waals surface area (Å²) in [7, 11) is 0. The summed E-state index contributed by atoms with van der Waals surface area (Å²) in [5.41, 5.74) is 4.46. The van der Waals surface area contributed by atoms with E-state index in [9.17, 15) is 24.3 Å². The standard InChI is InChI=1S/C34H45N3O6/c1-4-28(31(38)36-30(33(40)41)18-21(2)3)35-32(39)29(19-22-12-6-5-7-13-22)37-34(42)43-20-27-25-16-10-8-14-23(25)24-15-9-11-17-26(24)27/h8-11,14-17,21-22,27-30H,4-7,12-13,18-20H2,1-3H3,(H,35,39)(H,36,38)(H,37,42)(H,40,41)/t28-,29+,30?/m0/s1. The number of rotatable bonds is 13. The topological polar surface area (TPSA) is 134 Å².